The van der Waals surface area contributed by atoms with Gasteiger partial charge in [-0.25, -0.2) is 9.37 Å². The van der Waals surface area contributed by atoms with Gasteiger partial charge in [0.2, 0.25) is 0 Å². The predicted molar refractivity (Wildman–Crippen MR) is 75.4 cm³/mol. The van der Waals surface area contributed by atoms with Gasteiger partial charge in [0.15, 0.2) is 0 Å². The van der Waals surface area contributed by atoms with Gasteiger partial charge >= 0.3 is 0 Å². The fourth-order valence-corrected chi connectivity index (χ4v) is 2.18. The van der Waals surface area contributed by atoms with Gasteiger partial charge < -0.3 is 5.32 Å². The van der Waals surface area contributed by atoms with Crippen LogP contribution >= 0.6 is 27.5 Å². The van der Waals surface area contributed by atoms with Crippen molar-refractivity contribution in [2.45, 2.75) is 13.0 Å². The zero-order valence-corrected chi connectivity index (χ0v) is 12.0. The van der Waals surface area contributed by atoms with E-state index >= 15 is 0 Å². The lowest BCUT2D eigenvalue weighted by molar-refractivity contribution is 0.599. The predicted octanol–water partition coefficient (Wildman–Crippen LogP) is 4.81. The molecule has 0 bridgehead atoms. The number of pyridine rings is 1. The summed E-state index contributed by atoms with van der Waals surface area (Å²) in [5.41, 5.74) is 0.575. The topological polar surface area (TPSA) is 24.9 Å². The molecular weight excluding hydrogens is 319 g/mol. The van der Waals surface area contributed by atoms with Gasteiger partial charge in [0.25, 0.3) is 0 Å². The van der Waals surface area contributed by atoms with Crippen LogP contribution in [0.5, 0.6) is 0 Å². The molecule has 0 fully saturated rings. The van der Waals surface area contributed by atoms with Crippen LogP contribution in [0.2, 0.25) is 5.15 Å². The van der Waals surface area contributed by atoms with Crippen LogP contribution in [0.3, 0.4) is 0 Å². The van der Waals surface area contributed by atoms with Gasteiger partial charge in [-0.1, -0.05) is 33.6 Å². The number of halogens is 3. The highest BCUT2D eigenvalue weighted by Gasteiger charge is 2.11. The Morgan fingerprint density at radius 2 is 2.11 bits per heavy atom. The minimum Gasteiger partial charge on any atom is -0.363 e. The van der Waals surface area contributed by atoms with Gasteiger partial charge in [0.05, 0.1) is 6.04 Å². The van der Waals surface area contributed by atoms with E-state index in [0.29, 0.717) is 16.5 Å². The average molecular weight is 330 g/mol. The second-order valence-electron chi connectivity index (χ2n) is 3.88. The molecule has 1 heterocycles. The molecule has 0 aliphatic rings. The molecule has 0 aliphatic heterocycles. The zero-order chi connectivity index (χ0) is 13.1. The van der Waals surface area contributed by atoms with Crippen molar-refractivity contribution in [2.24, 2.45) is 0 Å². The Balaban J connectivity index is 2.21. The Morgan fingerprint density at radius 1 is 1.33 bits per heavy atom. The van der Waals surface area contributed by atoms with Gasteiger partial charge in [-0.05, 0) is 37.3 Å². The molecule has 2 nitrogen and oxygen atoms in total. The molecule has 0 spiro atoms. The highest BCUT2D eigenvalue weighted by atomic mass is 79.9. The summed E-state index contributed by atoms with van der Waals surface area (Å²) in [6.45, 7) is 1.87. The molecule has 1 aromatic carbocycles. The summed E-state index contributed by atoms with van der Waals surface area (Å²) in [4.78, 5) is 4.11. The van der Waals surface area contributed by atoms with Gasteiger partial charge in [-0.15, -0.1) is 0 Å². The van der Waals surface area contributed by atoms with Gasteiger partial charge in [0.1, 0.15) is 16.8 Å². The number of benzene rings is 1. The van der Waals surface area contributed by atoms with E-state index in [9.17, 15) is 4.39 Å². The van der Waals surface area contributed by atoms with Crippen LogP contribution in [-0.4, -0.2) is 4.98 Å². The fraction of sp³-hybridized carbons (Fsp3) is 0.154. The molecule has 0 saturated heterocycles. The Kier molecular flexibility index (Phi) is 4.19. The molecule has 1 N–H and O–H groups in total. The summed E-state index contributed by atoms with van der Waals surface area (Å²) in [5, 5.41) is 3.52. The van der Waals surface area contributed by atoms with E-state index in [-0.39, 0.29) is 11.9 Å². The molecule has 2 rings (SSSR count). The van der Waals surface area contributed by atoms with E-state index in [2.05, 4.69) is 26.2 Å². The first-order valence-electron chi connectivity index (χ1n) is 5.40. The fourth-order valence-electron chi connectivity index (χ4n) is 1.63. The molecule has 1 unspecified atom stereocenters. The molecule has 5 heteroatoms. The summed E-state index contributed by atoms with van der Waals surface area (Å²) < 4.78 is 14.5. The first-order valence-corrected chi connectivity index (χ1v) is 6.57. The molecule has 2 aromatic rings. The van der Waals surface area contributed by atoms with Crippen molar-refractivity contribution in [3.63, 3.8) is 0 Å². The second-order valence-corrected chi connectivity index (χ2v) is 5.18. The van der Waals surface area contributed by atoms with Crippen LogP contribution in [-0.2, 0) is 0 Å². The van der Waals surface area contributed by atoms with Crippen LogP contribution in [0.25, 0.3) is 0 Å². The molecule has 1 atom stereocenters. The Morgan fingerprint density at radius 3 is 2.83 bits per heavy atom. The van der Waals surface area contributed by atoms with Gasteiger partial charge in [-0.2, -0.15) is 0 Å². The maximum Gasteiger partial charge on any atom is 0.131 e. The van der Waals surface area contributed by atoms with E-state index in [0.717, 1.165) is 4.47 Å². The van der Waals surface area contributed by atoms with E-state index in [1.807, 2.05) is 6.92 Å². The monoisotopic (exact) mass is 328 g/mol. The minimum atomic E-state index is -0.250. The first kappa shape index (κ1) is 13.3. The van der Waals surface area contributed by atoms with Crippen molar-refractivity contribution in [1.29, 1.82) is 0 Å². The highest BCUT2D eigenvalue weighted by Crippen LogP contribution is 2.24. The molecule has 0 aliphatic carbocycles. The molecule has 94 valence electrons. The van der Waals surface area contributed by atoms with Crippen LogP contribution < -0.4 is 5.32 Å². The number of hydrogen-bond donors (Lipinski definition) is 1. The smallest absolute Gasteiger partial charge is 0.131 e. The van der Waals surface area contributed by atoms with Crippen molar-refractivity contribution in [2.75, 3.05) is 5.32 Å². The van der Waals surface area contributed by atoms with Crippen LogP contribution in [0.15, 0.2) is 40.9 Å². The third-order valence-electron chi connectivity index (χ3n) is 2.50. The Bertz CT molecular complexity index is 562. The molecule has 0 saturated carbocycles. The third kappa shape index (κ3) is 3.21. The van der Waals surface area contributed by atoms with Crippen molar-refractivity contribution in [1.82, 2.24) is 4.98 Å². The number of rotatable bonds is 3. The summed E-state index contributed by atoms with van der Waals surface area (Å²) >= 11 is 9.13. The number of aromatic nitrogens is 1. The number of nitrogens with one attached hydrogen (secondary N) is 1. The minimum absolute atomic E-state index is 0.200. The molecule has 0 radical (unpaired) electrons. The van der Waals surface area contributed by atoms with Crippen LogP contribution in [0.1, 0.15) is 18.5 Å². The summed E-state index contributed by atoms with van der Waals surface area (Å²) in [5.74, 6) is 0.370. The second kappa shape index (κ2) is 5.67. The quantitative estimate of drug-likeness (QED) is 0.817. The summed E-state index contributed by atoms with van der Waals surface area (Å²) in [7, 11) is 0. The van der Waals surface area contributed by atoms with Crippen molar-refractivity contribution < 1.29 is 4.39 Å². The number of nitrogens with zero attached hydrogens (tertiary/aromatic N) is 1. The molecule has 18 heavy (non-hydrogen) atoms. The Hall–Kier alpha value is -1.13. The van der Waals surface area contributed by atoms with E-state index < -0.39 is 0 Å². The average Bonchev–Trinajstić information content (AvgIpc) is 2.32. The largest absolute Gasteiger partial charge is 0.363 e. The normalized spacial score (nSPS) is 12.2. The van der Waals surface area contributed by atoms with Crippen molar-refractivity contribution in [3.8, 4) is 0 Å². The van der Waals surface area contributed by atoms with E-state index in [1.165, 1.54) is 6.07 Å². The van der Waals surface area contributed by atoms with Gasteiger partial charge in [0, 0.05) is 10.0 Å². The maximum atomic E-state index is 13.7. The lowest BCUT2D eigenvalue weighted by Gasteiger charge is -2.16. The van der Waals surface area contributed by atoms with Crippen molar-refractivity contribution >= 4 is 33.3 Å². The van der Waals surface area contributed by atoms with Gasteiger partial charge in [-0.3, -0.25) is 0 Å². The highest BCUT2D eigenvalue weighted by molar-refractivity contribution is 9.10. The lowest BCUT2D eigenvalue weighted by atomic mass is 10.1. The third-order valence-corrected chi connectivity index (χ3v) is 3.21. The number of hydrogen-bond acceptors (Lipinski definition) is 2. The molecule has 0 amide bonds. The Labute approximate surface area is 118 Å². The number of anilines is 1. The molecular formula is C13H11BrClFN2. The van der Waals surface area contributed by atoms with E-state index in [1.54, 1.807) is 30.3 Å². The van der Waals surface area contributed by atoms with E-state index in [4.69, 9.17) is 11.6 Å². The standard InChI is InChI=1S/C13H11BrClFN2/c1-8(10-7-9(14)5-6-11(10)16)17-13-4-2-3-12(15)18-13/h2-8H,1H3,(H,17,18). The lowest BCUT2D eigenvalue weighted by Crippen LogP contribution is -2.09. The zero-order valence-electron chi connectivity index (χ0n) is 9.62. The first-order chi connectivity index (χ1) is 8.56. The van der Waals surface area contributed by atoms with Crippen LogP contribution in [0.4, 0.5) is 10.2 Å². The summed E-state index contributed by atoms with van der Waals surface area (Å²) in [6.07, 6.45) is 0. The van der Waals surface area contributed by atoms with Crippen LogP contribution in [0, 0.1) is 5.82 Å². The SMILES string of the molecule is CC(Nc1cccc(Cl)n1)c1cc(Br)ccc1F. The molecule has 1 aromatic heterocycles. The van der Waals surface area contributed by atoms with Crippen molar-refractivity contribution in [3.05, 3.63) is 57.4 Å². The summed E-state index contributed by atoms with van der Waals surface area (Å²) in [6, 6.07) is 9.93. The maximum absolute atomic E-state index is 13.7.